The molecule has 1 N–H and O–H groups in total. The number of rotatable bonds is 2. The van der Waals surface area contributed by atoms with Crippen molar-refractivity contribution < 1.29 is 14.3 Å². The lowest BCUT2D eigenvalue weighted by Gasteiger charge is -2.05. The van der Waals surface area contributed by atoms with Crippen LogP contribution in [0.5, 0.6) is 11.5 Å². The average Bonchev–Trinajstić information content (AvgIpc) is 2.71. The van der Waals surface area contributed by atoms with Gasteiger partial charge in [0, 0.05) is 0 Å². The molecule has 0 amide bonds. The normalized spacial score (nSPS) is 10.1. The van der Waals surface area contributed by atoms with E-state index in [2.05, 4.69) is 0 Å². The fourth-order valence-electron chi connectivity index (χ4n) is 1.32. The third kappa shape index (κ3) is 1.33. The fourth-order valence-corrected chi connectivity index (χ4v) is 1.32. The predicted octanol–water partition coefficient (Wildman–Crippen LogP) is 2.66. The van der Waals surface area contributed by atoms with Crippen LogP contribution in [0.2, 0.25) is 0 Å². The predicted molar refractivity (Wildman–Crippen MR) is 52.4 cm³/mol. The number of benzene rings is 1. The molecule has 0 bridgehead atoms. The van der Waals surface area contributed by atoms with Gasteiger partial charge in [0.1, 0.15) is 5.76 Å². The van der Waals surface area contributed by atoms with E-state index in [0.29, 0.717) is 17.1 Å². The molecule has 1 aromatic heterocycles. The fraction of sp³-hybridized carbons (Fsp3) is 0.0909. The van der Waals surface area contributed by atoms with E-state index >= 15 is 0 Å². The topological polar surface area (TPSA) is 42.6 Å². The van der Waals surface area contributed by atoms with Gasteiger partial charge >= 0.3 is 0 Å². The molecule has 1 aromatic carbocycles. The Morgan fingerprint density at radius 1 is 1.21 bits per heavy atom. The number of ether oxygens (including phenoxy) is 1. The zero-order valence-corrected chi connectivity index (χ0v) is 7.73. The molecule has 0 saturated carbocycles. The Hall–Kier alpha value is -1.90. The monoisotopic (exact) mass is 190 g/mol. The summed E-state index contributed by atoms with van der Waals surface area (Å²) >= 11 is 0. The quantitative estimate of drug-likeness (QED) is 0.791. The number of phenolic OH excluding ortho intramolecular Hbond substituents is 1. The van der Waals surface area contributed by atoms with Gasteiger partial charge in [-0.15, -0.1) is 0 Å². The zero-order chi connectivity index (χ0) is 9.97. The number of hydrogen-bond donors (Lipinski definition) is 1. The summed E-state index contributed by atoms with van der Waals surface area (Å²) in [6, 6.07) is 8.83. The van der Waals surface area contributed by atoms with Gasteiger partial charge in [-0.05, 0) is 24.3 Å². The van der Waals surface area contributed by atoms with Crippen LogP contribution in [-0.4, -0.2) is 12.2 Å². The second kappa shape index (κ2) is 3.46. The minimum absolute atomic E-state index is 0.102. The van der Waals surface area contributed by atoms with Gasteiger partial charge in [0.05, 0.1) is 18.9 Å². The van der Waals surface area contributed by atoms with Crippen molar-refractivity contribution in [3.05, 3.63) is 36.6 Å². The van der Waals surface area contributed by atoms with Gasteiger partial charge in [-0.3, -0.25) is 0 Å². The Bertz CT molecular complexity index is 418. The van der Waals surface area contributed by atoms with E-state index in [1.165, 1.54) is 7.11 Å². The lowest BCUT2D eigenvalue weighted by molar-refractivity contribution is 0.373. The van der Waals surface area contributed by atoms with Crippen molar-refractivity contribution in [1.82, 2.24) is 0 Å². The molecule has 3 nitrogen and oxygen atoms in total. The first-order chi connectivity index (χ1) is 6.83. The maximum absolute atomic E-state index is 9.78. The maximum atomic E-state index is 9.78. The van der Waals surface area contributed by atoms with E-state index in [4.69, 9.17) is 9.15 Å². The highest BCUT2D eigenvalue weighted by molar-refractivity contribution is 5.69. The molecule has 0 spiro atoms. The molecule has 2 aromatic rings. The molecule has 0 aliphatic heterocycles. The summed E-state index contributed by atoms with van der Waals surface area (Å²) in [5.41, 5.74) is 0.634. The van der Waals surface area contributed by atoms with Gasteiger partial charge < -0.3 is 14.3 Å². The van der Waals surface area contributed by atoms with Crippen LogP contribution in [0.25, 0.3) is 11.3 Å². The molecule has 0 radical (unpaired) electrons. The van der Waals surface area contributed by atoms with Gasteiger partial charge in [-0.2, -0.15) is 0 Å². The van der Waals surface area contributed by atoms with Crippen LogP contribution in [0.15, 0.2) is 41.0 Å². The number of aromatic hydroxyl groups is 1. The minimum Gasteiger partial charge on any atom is -0.504 e. The van der Waals surface area contributed by atoms with Crippen LogP contribution in [0.1, 0.15) is 0 Å². The molecule has 3 heteroatoms. The first-order valence-electron chi connectivity index (χ1n) is 4.23. The van der Waals surface area contributed by atoms with Gasteiger partial charge in [0.25, 0.3) is 0 Å². The average molecular weight is 190 g/mol. The van der Waals surface area contributed by atoms with Crippen molar-refractivity contribution in [2.75, 3.05) is 7.11 Å². The Balaban J connectivity index is 2.54. The van der Waals surface area contributed by atoms with Crippen LogP contribution >= 0.6 is 0 Å². The highest BCUT2D eigenvalue weighted by atomic mass is 16.5. The largest absolute Gasteiger partial charge is 0.504 e. The van der Waals surface area contributed by atoms with Crippen molar-refractivity contribution in [2.24, 2.45) is 0 Å². The summed E-state index contributed by atoms with van der Waals surface area (Å²) in [7, 11) is 1.51. The van der Waals surface area contributed by atoms with Crippen molar-refractivity contribution in [3.8, 4) is 22.8 Å². The first kappa shape index (κ1) is 8.69. The van der Waals surface area contributed by atoms with E-state index in [-0.39, 0.29) is 5.75 Å². The molecular formula is C11H10O3. The molecule has 0 atom stereocenters. The third-order valence-electron chi connectivity index (χ3n) is 2.01. The second-order valence-corrected chi connectivity index (χ2v) is 2.83. The molecular weight excluding hydrogens is 180 g/mol. The van der Waals surface area contributed by atoms with Gasteiger partial charge in [0.2, 0.25) is 0 Å². The summed E-state index contributed by atoms with van der Waals surface area (Å²) in [5, 5.41) is 9.78. The smallest absolute Gasteiger partial charge is 0.168 e. The number of furan rings is 1. The van der Waals surface area contributed by atoms with Gasteiger partial charge in [-0.25, -0.2) is 0 Å². The third-order valence-corrected chi connectivity index (χ3v) is 2.01. The Morgan fingerprint density at radius 2 is 2.07 bits per heavy atom. The summed E-state index contributed by atoms with van der Waals surface area (Å²) in [4.78, 5) is 0. The Kier molecular flexibility index (Phi) is 2.14. The van der Waals surface area contributed by atoms with E-state index in [9.17, 15) is 5.11 Å². The Labute approximate surface area is 81.6 Å². The highest BCUT2D eigenvalue weighted by Gasteiger charge is 2.10. The molecule has 0 aliphatic rings. The lowest BCUT2D eigenvalue weighted by Crippen LogP contribution is -1.84. The highest BCUT2D eigenvalue weighted by Crippen LogP contribution is 2.36. The van der Waals surface area contributed by atoms with Crippen LogP contribution in [0.3, 0.4) is 0 Å². The molecule has 2 rings (SSSR count). The van der Waals surface area contributed by atoms with Crippen LogP contribution in [0.4, 0.5) is 0 Å². The minimum atomic E-state index is 0.102. The van der Waals surface area contributed by atoms with Crippen LogP contribution in [0, 0.1) is 0 Å². The van der Waals surface area contributed by atoms with E-state index in [0.717, 1.165) is 0 Å². The van der Waals surface area contributed by atoms with Crippen molar-refractivity contribution in [2.45, 2.75) is 0 Å². The number of para-hydroxylation sites is 1. The zero-order valence-electron chi connectivity index (χ0n) is 7.73. The summed E-state index contributed by atoms with van der Waals surface area (Å²) < 4.78 is 10.2. The van der Waals surface area contributed by atoms with Crippen molar-refractivity contribution in [1.29, 1.82) is 0 Å². The molecule has 0 saturated heterocycles. The molecule has 14 heavy (non-hydrogen) atoms. The van der Waals surface area contributed by atoms with E-state index < -0.39 is 0 Å². The summed E-state index contributed by atoms with van der Waals surface area (Å²) in [6.07, 6.45) is 1.56. The maximum Gasteiger partial charge on any atom is 0.168 e. The van der Waals surface area contributed by atoms with Crippen LogP contribution < -0.4 is 4.74 Å². The van der Waals surface area contributed by atoms with Crippen molar-refractivity contribution in [3.63, 3.8) is 0 Å². The number of hydrogen-bond acceptors (Lipinski definition) is 3. The summed E-state index contributed by atoms with van der Waals surface area (Å²) in [5.74, 6) is 1.17. The van der Waals surface area contributed by atoms with E-state index in [1.807, 2.05) is 0 Å². The standard InChI is InChI=1S/C11H10O3/c1-13-10-5-2-4-8(11(10)12)9-6-3-7-14-9/h2-7,12H,1H3. The molecule has 0 aliphatic carbocycles. The van der Waals surface area contributed by atoms with Crippen LogP contribution in [-0.2, 0) is 0 Å². The number of phenols is 1. The summed E-state index contributed by atoms with van der Waals surface area (Å²) in [6.45, 7) is 0. The second-order valence-electron chi connectivity index (χ2n) is 2.83. The van der Waals surface area contributed by atoms with Gasteiger partial charge in [0.15, 0.2) is 11.5 Å². The first-order valence-corrected chi connectivity index (χ1v) is 4.23. The molecule has 72 valence electrons. The lowest BCUT2D eigenvalue weighted by atomic mass is 10.1. The van der Waals surface area contributed by atoms with Gasteiger partial charge in [-0.1, -0.05) is 6.07 Å². The molecule has 0 fully saturated rings. The van der Waals surface area contributed by atoms with E-state index in [1.54, 1.807) is 36.6 Å². The van der Waals surface area contributed by atoms with Crippen molar-refractivity contribution >= 4 is 0 Å². The Morgan fingerprint density at radius 3 is 2.71 bits per heavy atom. The SMILES string of the molecule is COc1cccc(-c2ccco2)c1O. The molecule has 0 unspecified atom stereocenters. The molecule has 1 heterocycles. The number of methoxy groups -OCH3 is 1.